The van der Waals surface area contributed by atoms with Crippen molar-refractivity contribution in [2.45, 2.75) is 18.9 Å². The summed E-state index contributed by atoms with van der Waals surface area (Å²) in [6.07, 6.45) is 6.04. The maximum absolute atomic E-state index is 13.5. The first kappa shape index (κ1) is 20.4. The van der Waals surface area contributed by atoms with Crippen molar-refractivity contribution in [3.8, 4) is 22.5 Å². The van der Waals surface area contributed by atoms with Gasteiger partial charge in [0, 0.05) is 35.9 Å². The lowest BCUT2D eigenvalue weighted by Gasteiger charge is -2.45. The minimum Gasteiger partial charge on any atom is -0.379 e. The largest absolute Gasteiger partial charge is 0.379 e. The molecule has 0 saturated carbocycles. The van der Waals surface area contributed by atoms with Crippen molar-refractivity contribution in [3.05, 3.63) is 77.3 Å². The predicted octanol–water partition coefficient (Wildman–Crippen LogP) is 4.64. The molecule has 2 bridgehead atoms. The molecule has 3 aromatic heterocycles. The van der Waals surface area contributed by atoms with Gasteiger partial charge >= 0.3 is 0 Å². The SMILES string of the molecule is O=c1[nH]c2ccc(-c3cccnc3)cc2c(N[C@@H]2CN3CCC2CC3)c1-c1nc2ccccc2[nH]1. The fraction of sp³-hybridized carbons (Fsp3) is 0.250. The second-order valence-corrected chi connectivity index (χ2v) is 9.70. The average Bonchev–Trinajstić information content (AvgIpc) is 3.33. The number of aromatic amines is 2. The molecular formula is C28H26N6O. The second-order valence-electron chi connectivity index (χ2n) is 9.70. The van der Waals surface area contributed by atoms with E-state index < -0.39 is 0 Å². The average molecular weight is 463 g/mol. The van der Waals surface area contributed by atoms with Crippen LogP contribution in [0.1, 0.15) is 12.8 Å². The van der Waals surface area contributed by atoms with Crippen LogP contribution in [-0.2, 0) is 0 Å². The van der Waals surface area contributed by atoms with Crippen LogP contribution in [-0.4, -0.2) is 50.5 Å². The lowest BCUT2D eigenvalue weighted by molar-refractivity contribution is 0.0976. The van der Waals surface area contributed by atoms with Crippen LogP contribution in [0, 0.1) is 5.92 Å². The number of piperidine rings is 3. The van der Waals surface area contributed by atoms with E-state index in [1.165, 1.54) is 25.9 Å². The minimum atomic E-state index is -0.144. The summed E-state index contributed by atoms with van der Waals surface area (Å²) in [6.45, 7) is 3.34. The Morgan fingerprint density at radius 2 is 1.83 bits per heavy atom. The van der Waals surface area contributed by atoms with Gasteiger partial charge in [0.1, 0.15) is 11.4 Å². The van der Waals surface area contributed by atoms with E-state index in [4.69, 9.17) is 4.98 Å². The number of H-pyrrole nitrogens is 2. The first-order valence-corrected chi connectivity index (χ1v) is 12.3. The quantitative estimate of drug-likeness (QED) is 0.362. The Kier molecular flexibility index (Phi) is 4.70. The third-order valence-electron chi connectivity index (χ3n) is 7.62. The number of fused-ring (bicyclic) bond motifs is 5. The fourth-order valence-electron chi connectivity index (χ4n) is 5.77. The van der Waals surface area contributed by atoms with E-state index >= 15 is 0 Å². The molecule has 7 nitrogen and oxygen atoms in total. The van der Waals surface area contributed by atoms with E-state index in [1.807, 2.05) is 48.7 Å². The summed E-state index contributed by atoms with van der Waals surface area (Å²) < 4.78 is 0. The summed E-state index contributed by atoms with van der Waals surface area (Å²) in [6, 6.07) is 18.4. The van der Waals surface area contributed by atoms with Crippen LogP contribution in [0.3, 0.4) is 0 Å². The predicted molar refractivity (Wildman–Crippen MR) is 139 cm³/mol. The Balaban J connectivity index is 1.45. The number of nitrogens with zero attached hydrogens (tertiary/aromatic N) is 3. The first-order valence-electron chi connectivity index (χ1n) is 12.3. The van der Waals surface area contributed by atoms with Gasteiger partial charge in [-0.25, -0.2) is 4.98 Å². The van der Waals surface area contributed by atoms with Gasteiger partial charge in [0.2, 0.25) is 0 Å². The number of imidazole rings is 1. The third-order valence-corrected chi connectivity index (χ3v) is 7.62. The van der Waals surface area contributed by atoms with Crippen molar-refractivity contribution < 1.29 is 0 Å². The third kappa shape index (κ3) is 3.51. The standard InChI is InChI=1S/C28H26N6O/c35-28-25(27-31-22-5-1-2-6-23(22)32-27)26(30-24-16-34-12-9-17(24)10-13-34)20-14-18(7-8-21(20)33-28)19-4-3-11-29-15-19/h1-8,11,14-15,17,24H,9-10,12-13,16H2,(H,31,32)(H2,30,33,35)/t24-/m1/s1. The molecule has 2 aromatic carbocycles. The molecule has 35 heavy (non-hydrogen) atoms. The fourth-order valence-corrected chi connectivity index (χ4v) is 5.77. The van der Waals surface area contributed by atoms with E-state index in [-0.39, 0.29) is 5.56 Å². The summed E-state index contributed by atoms with van der Waals surface area (Å²) in [5.41, 5.74) is 5.95. The van der Waals surface area contributed by atoms with Crippen molar-refractivity contribution in [1.29, 1.82) is 0 Å². The molecule has 0 radical (unpaired) electrons. The van der Waals surface area contributed by atoms with E-state index in [1.54, 1.807) is 6.20 Å². The number of pyridine rings is 2. The van der Waals surface area contributed by atoms with Crippen LogP contribution in [0.25, 0.3) is 44.5 Å². The molecule has 3 N–H and O–H groups in total. The van der Waals surface area contributed by atoms with Crippen LogP contribution in [0.2, 0.25) is 0 Å². The molecular weight excluding hydrogens is 436 g/mol. The van der Waals surface area contributed by atoms with E-state index in [0.29, 0.717) is 23.3 Å². The summed E-state index contributed by atoms with van der Waals surface area (Å²) >= 11 is 0. The van der Waals surface area contributed by atoms with Crippen molar-refractivity contribution in [2.24, 2.45) is 5.92 Å². The molecule has 7 heteroatoms. The van der Waals surface area contributed by atoms with Gasteiger partial charge in [-0.3, -0.25) is 9.78 Å². The van der Waals surface area contributed by atoms with E-state index in [0.717, 1.165) is 45.3 Å². The van der Waals surface area contributed by atoms with Gasteiger partial charge < -0.3 is 20.2 Å². The Hall–Kier alpha value is -3.97. The molecule has 0 unspecified atom stereocenters. The van der Waals surface area contributed by atoms with Gasteiger partial charge in [-0.05, 0) is 67.7 Å². The summed E-state index contributed by atoms with van der Waals surface area (Å²) in [5.74, 6) is 1.20. The number of anilines is 1. The molecule has 5 aromatic rings. The van der Waals surface area contributed by atoms with Crippen LogP contribution >= 0.6 is 0 Å². The first-order chi connectivity index (χ1) is 17.2. The van der Waals surface area contributed by atoms with Gasteiger partial charge in [0.25, 0.3) is 5.56 Å². The smallest absolute Gasteiger partial charge is 0.261 e. The molecule has 8 rings (SSSR count). The topological polar surface area (TPSA) is 89.7 Å². The van der Waals surface area contributed by atoms with Crippen LogP contribution in [0.15, 0.2) is 71.8 Å². The highest BCUT2D eigenvalue weighted by Crippen LogP contribution is 2.37. The zero-order chi connectivity index (χ0) is 23.4. The maximum atomic E-state index is 13.5. The minimum absolute atomic E-state index is 0.144. The van der Waals surface area contributed by atoms with Gasteiger partial charge in [-0.2, -0.15) is 0 Å². The number of aromatic nitrogens is 4. The van der Waals surface area contributed by atoms with Gasteiger partial charge in [-0.1, -0.05) is 24.3 Å². The summed E-state index contributed by atoms with van der Waals surface area (Å²) in [5, 5.41) is 4.83. The molecule has 3 saturated heterocycles. The van der Waals surface area contributed by atoms with Crippen molar-refractivity contribution in [2.75, 3.05) is 25.0 Å². The molecule has 0 amide bonds. The van der Waals surface area contributed by atoms with Crippen molar-refractivity contribution in [3.63, 3.8) is 0 Å². The van der Waals surface area contributed by atoms with Crippen LogP contribution < -0.4 is 10.9 Å². The highest BCUT2D eigenvalue weighted by Gasteiger charge is 2.35. The van der Waals surface area contributed by atoms with E-state index in [9.17, 15) is 4.79 Å². The number of benzene rings is 2. The molecule has 3 aliphatic rings. The highest BCUT2D eigenvalue weighted by atomic mass is 16.1. The summed E-state index contributed by atoms with van der Waals surface area (Å²) in [7, 11) is 0. The normalized spacial score (nSPS) is 21.5. The van der Waals surface area contributed by atoms with Gasteiger partial charge in [0.15, 0.2) is 0 Å². The highest BCUT2D eigenvalue weighted by molar-refractivity contribution is 6.01. The lowest BCUT2D eigenvalue weighted by Crippen LogP contribution is -2.53. The number of nitrogens with one attached hydrogen (secondary N) is 3. The van der Waals surface area contributed by atoms with E-state index in [2.05, 4.69) is 37.3 Å². The number of para-hydroxylation sites is 2. The van der Waals surface area contributed by atoms with Crippen molar-refractivity contribution in [1.82, 2.24) is 24.8 Å². The van der Waals surface area contributed by atoms with Crippen LogP contribution in [0.4, 0.5) is 5.69 Å². The number of hydrogen-bond donors (Lipinski definition) is 3. The van der Waals surface area contributed by atoms with Gasteiger partial charge in [0.05, 0.1) is 22.2 Å². The second kappa shape index (κ2) is 8.06. The Morgan fingerprint density at radius 3 is 2.60 bits per heavy atom. The number of hydrogen-bond acceptors (Lipinski definition) is 5. The Bertz CT molecular complexity index is 1560. The molecule has 6 heterocycles. The maximum Gasteiger partial charge on any atom is 0.261 e. The summed E-state index contributed by atoms with van der Waals surface area (Å²) in [4.78, 5) is 31.6. The van der Waals surface area contributed by atoms with Gasteiger partial charge in [-0.15, -0.1) is 0 Å². The zero-order valence-electron chi connectivity index (χ0n) is 19.3. The lowest BCUT2D eigenvalue weighted by atomic mass is 9.83. The Labute approximate surface area is 202 Å². The van der Waals surface area contributed by atoms with Crippen LogP contribution in [0.5, 0.6) is 0 Å². The molecule has 174 valence electrons. The van der Waals surface area contributed by atoms with Crippen molar-refractivity contribution >= 4 is 27.6 Å². The molecule has 3 aliphatic heterocycles. The zero-order valence-corrected chi connectivity index (χ0v) is 19.3. The molecule has 3 fully saturated rings. The monoisotopic (exact) mass is 462 g/mol. The molecule has 1 atom stereocenters. The Morgan fingerprint density at radius 1 is 0.943 bits per heavy atom. The molecule has 0 aliphatic carbocycles. The molecule has 0 spiro atoms. The number of rotatable bonds is 4.